The number of alkyl halides is 1. The number of hydrogen-bond acceptors (Lipinski definition) is 11. The van der Waals surface area contributed by atoms with Gasteiger partial charge in [0.05, 0.1) is 139 Å². The summed E-state index contributed by atoms with van der Waals surface area (Å²) in [5.74, 6) is 0. The van der Waals surface area contributed by atoms with Crippen molar-refractivity contribution in [2.24, 2.45) is 0 Å². The molecule has 264 valence electrons. The molecule has 1 aromatic rings. The Labute approximate surface area is 285 Å². The topological polar surface area (TPSA) is 102 Å². The predicted octanol–water partition coefficient (Wildman–Crippen LogP) is 4.36. The number of rotatable bonds is 38. The Kier molecular flexibility index (Phi) is 35.9. The van der Waals surface area contributed by atoms with Crippen LogP contribution in [0.25, 0.3) is 0 Å². The molecule has 0 atom stereocenters. The molecule has 0 saturated carbocycles. The molecule has 0 N–H and O–H groups in total. The normalized spacial score (nSPS) is 11.5. The number of benzene rings is 1. The van der Waals surface area contributed by atoms with Crippen LogP contribution in [0.4, 0.5) is 0 Å². The van der Waals surface area contributed by atoms with Gasteiger partial charge in [0.2, 0.25) is 0 Å². The maximum atomic E-state index is 5.57. The lowest BCUT2D eigenvalue weighted by atomic mass is 10.2. The second kappa shape index (κ2) is 38.0. The zero-order valence-electron chi connectivity index (χ0n) is 27.3. The maximum Gasteiger partial charge on any atom is 0.0718 e. The minimum absolute atomic E-state index is 0.521. The minimum atomic E-state index is 0.521. The molecular weight excluding hydrogens is 699 g/mol. The van der Waals surface area contributed by atoms with Gasteiger partial charge in [0.25, 0.3) is 0 Å². The second-order valence-electron chi connectivity index (χ2n) is 9.77. The van der Waals surface area contributed by atoms with Crippen LogP contribution in [-0.4, -0.2) is 143 Å². The third kappa shape index (κ3) is 34.7. The molecule has 0 aliphatic carbocycles. The summed E-state index contributed by atoms with van der Waals surface area (Å²) in [6, 6.07) is 10.1. The Morgan fingerprint density at radius 2 is 0.600 bits per heavy atom. The van der Waals surface area contributed by atoms with Crippen LogP contribution in [-0.2, 0) is 58.7 Å². The smallest absolute Gasteiger partial charge is 0.0718 e. The first-order valence-corrected chi connectivity index (χ1v) is 17.9. The molecule has 0 aliphatic heterocycles. The average Bonchev–Trinajstić information content (AvgIpc) is 3.06. The summed E-state index contributed by atoms with van der Waals surface area (Å²) < 4.78 is 61.8. The Morgan fingerprint density at radius 1 is 0.311 bits per heavy atom. The van der Waals surface area contributed by atoms with Crippen molar-refractivity contribution in [3.63, 3.8) is 0 Å². The number of unbranched alkanes of at least 4 members (excludes halogenated alkanes) is 3. The molecule has 0 heterocycles. The molecule has 0 aromatic heterocycles. The van der Waals surface area contributed by atoms with Gasteiger partial charge in [0, 0.05) is 6.61 Å². The molecule has 0 aliphatic rings. The third-order valence-electron chi connectivity index (χ3n) is 6.00. The Bertz CT molecular complexity index is 675. The Hall–Kier alpha value is -0.490. The fraction of sp³-hybridized carbons (Fsp3) is 0.818. The van der Waals surface area contributed by atoms with E-state index >= 15 is 0 Å². The molecular formula is C33H59IO11. The highest BCUT2D eigenvalue weighted by atomic mass is 127. The van der Waals surface area contributed by atoms with E-state index in [2.05, 4.69) is 22.6 Å². The lowest BCUT2D eigenvalue weighted by molar-refractivity contribution is -0.0277. The van der Waals surface area contributed by atoms with Crippen molar-refractivity contribution in [2.75, 3.05) is 143 Å². The Morgan fingerprint density at radius 3 is 0.933 bits per heavy atom. The van der Waals surface area contributed by atoms with Crippen molar-refractivity contribution >= 4 is 22.6 Å². The highest BCUT2D eigenvalue weighted by Crippen LogP contribution is 2.02. The standard InChI is InChI=1S/C33H59IO11/c34-10-6-1-2-7-11-35-12-13-36-14-15-37-16-17-38-18-19-39-20-21-40-22-23-41-24-25-42-26-27-43-28-29-44-30-31-45-32-33-8-4-3-5-9-33/h3-5,8-9H,1-2,6-7,10-32H2. The highest BCUT2D eigenvalue weighted by molar-refractivity contribution is 14.1. The lowest BCUT2D eigenvalue weighted by Crippen LogP contribution is -2.15. The van der Waals surface area contributed by atoms with Crippen LogP contribution >= 0.6 is 22.6 Å². The molecule has 0 fully saturated rings. The van der Waals surface area contributed by atoms with E-state index in [-0.39, 0.29) is 0 Å². The fourth-order valence-electron chi connectivity index (χ4n) is 3.62. The van der Waals surface area contributed by atoms with E-state index < -0.39 is 0 Å². The van der Waals surface area contributed by atoms with Gasteiger partial charge in [-0.3, -0.25) is 0 Å². The van der Waals surface area contributed by atoms with E-state index in [4.69, 9.17) is 52.1 Å². The van der Waals surface area contributed by atoms with Crippen LogP contribution in [0.3, 0.4) is 0 Å². The summed E-state index contributed by atoms with van der Waals surface area (Å²) in [4.78, 5) is 0. The van der Waals surface area contributed by atoms with Crippen molar-refractivity contribution in [3.05, 3.63) is 35.9 Å². The zero-order chi connectivity index (χ0) is 32.0. The van der Waals surface area contributed by atoms with Crippen molar-refractivity contribution < 1.29 is 52.1 Å². The van der Waals surface area contributed by atoms with Gasteiger partial charge < -0.3 is 52.1 Å². The van der Waals surface area contributed by atoms with Crippen LogP contribution in [0, 0.1) is 0 Å². The molecule has 0 unspecified atom stereocenters. The molecule has 11 nitrogen and oxygen atoms in total. The van der Waals surface area contributed by atoms with Crippen molar-refractivity contribution in [3.8, 4) is 0 Å². The minimum Gasteiger partial charge on any atom is -0.379 e. The summed E-state index contributed by atoms with van der Waals surface area (Å²) in [6.45, 7) is 12.3. The molecule has 0 saturated heterocycles. The van der Waals surface area contributed by atoms with Gasteiger partial charge in [-0.2, -0.15) is 0 Å². The summed E-state index contributed by atoms with van der Waals surface area (Å²) in [7, 11) is 0. The SMILES string of the molecule is ICCCCCCOCCOCCOCCOCCOCCOCCOCCOCCOCCOCCOCc1ccccc1. The van der Waals surface area contributed by atoms with Crippen molar-refractivity contribution in [2.45, 2.75) is 32.3 Å². The monoisotopic (exact) mass is 758 g/mol. The average molecular weight is 759 g/mol. The lowest BCUT2D eigenvalue weighted by Gasteiger charge is -2.09. The highest BCUT2D eigenvalue weighted by Gasteiger charge is 1.97. The molecule has 1 aromatic carbocycles. The van der Waals surface area contributed by atoms with Crippen LogP contribution in [0.15, 0.2) is 30.3 Å². The first-order valence-electron chi connectivity index (χ1n) is 16.4. The molecule has 1 rings (SSSR count). The van der Waals surface area contributed by atoms with E-state index in [0.29, 0.717) is 139 Å². The molecule has 0 spiro atoms. The largest absolute Gasteiger partial charge is 0.379 e. The summed E-state index contributed by atoms with van der Waals surface area (Å²) >= 11 is 2.42. The van der Waals surface area contributed by atoms with Crippen molar-refractivity contribution in [1.29, 1.82) is 0 Å². The predicted molar refractivity (Wildman–Crippen MR) is 182 cm³/mol. The summed E-state index contributed by atoms with van der Waals surface area (Å²) in [6.07, 6.45) is 4.98. The van der Waals surface area contributed by atoms with E-state index in [1.807, 2.05) is 30.3 Å². The van der Waals surface area contributed by atoms with Crippen LogP contribution in [0.5, 0.6) is 0 Å². The van der Waals surface area contributed by atoms with Gasteiger partial charge >= 0.3 is 0 Å². The van der Waals surface area contributed by atoms with Crippen LogP contribution in [0.1, 0.15) is 31.2 Å². The van der Waals surface area contributed by atoms with Crippen molar-refractivity contribution in [1.82, 2.24) is 0 Å². The van der Waals surface area contributed by atoms with Gasteiger partial charge in [-0.15, -0.1) is 0 Å². The fourth-order valence-corrected chi connectivity index (χ4v) is 4.15. The second-order valence-corrected chi connectivity index (χ2v) is 10.8. The van der Waals surface area contributed by atoms with E-state index in [9.17, 15) is 0 Å². The van der Waals surface area contributed by atoms with E-state index in [0.717, 1.165) is 18.6 Å². The van der Waals surface area contributed by atoms with Gasteiger partial charge in [-0.05, 0) is 22.8 Å². The van der Waals surface area contributed by atoms with Gasteiger partial charge in [-0.25, -0.2) is 0 Å². The first-order chi connectivity index (χ1) is 22.4. The van der Waals surface area contributed by atoms with E-state index in [1.54, 1.807) is 0 Å². The van der Waals surface area contributed by atoms with E-state index in [1.165, 1.54) is 23.7 Å². The zero-order valence-corrected chi connectivity index (χ0v) is 29.5. The number of halogens is 1. The van der Waals surface area contributed by atoms with Gasteiger partial charge in [0.15, 0.2) is 0 Å². The molecule has 0 bridgehead atoms. The quantitative estimate of drug-likeness (QED) is 0.0547. The number of hydrogen-bond donors (Lipinski definition) is 0. The van der Waals surface area contributed by atoms with Crippen LogP contribution in [0.2, 0.25) is 0 Å². The maximum absolute atomic E-state index is 5.57. The third-order valence-corrected chi connectivity index (χ3v) is 6.77. The van der Waals surface area contributed by atoms with Gasteiger partial charge in [-0.1, -0.05) is 65.8 Å². The summed E-state index contributed by atoms with van der Waals surface area (Å²) in [5, 5.41) is 0. The van der Waals surface area contributed by atoms with Gasteiger partial charge in [0.1, 0.15) is 0 Å². The van der Waals surface area contributed by atoms with Crippen LogP contribution < -0.4 is 0 Å². The molecule has 12 heteroatoms. The molecule has 0 amide bonds. The molecule has 0 radical (unpaired) electrons. The number of ether oxygens (including phenoxy) is 11. The summed E-state index contributed by atoms with van der Waals surface area (Å²) in [5.41, 5.74) is 1.16. The molecule has 45 heavy (non-hydrogen) atoms. The first kappa shape index (κ1) is 42.5. The Balaban J connectivity index is 1.61.